The number of anilines is 6. The fraction of sp³-hybridized carbons (Fsp3) is 0. The number of fused-ring (bicyclic) bond motifs is 7. The van der Waals surface area contributed by atoms with Crippen molar-refractivity contribution in [3.63, 3.8) is 0 Å². The molecule has 0 unspecified atom stereocenters. The number of benzene rings is 9. The molecule has 0 amide bonds. The Kier molecular flexibility index (Phi) is 7.42. The molecule has 0 bridgehead atoms. The van der Waals surface area contributed by atoms with E-state index in [1.54, 1.807) is 0 Å². The average molecular weight is 720 g/mol. The number of aromatic nitrogens is 1. The van der Waals surface area contributed by atoms with Crippen LogP contribution in [0, 0.1) is 0 Å². The van der Waals surface area contributed by atoms with Crippen molar-refractivity contribution in [2.45, 2.75) is 0 Å². The van der Waals surface area contributed by atoms with Gasteiger partial charge in [-0.25, -0.2) is 4.98 Å². The highest BCUT2D eigenvalue weighted by molar-refractivity contribution is 6.17. The van der Waals surface area contributed by atoms with Crippen LogP contribution in [0.2, 0.25) is 0 Å². The summed E-state index contributed by atoms with van der Waals surface area (Å²) in [5.41, 5.74) is 10.1. The van der Waals surface area contributed by atoms with E-state index in [9.17, 15) is 0 Å². The number of hydrogen-bond donors (Lipinski definition) is 0. The van der Waals surface area contributed by atoms with E-state index in [1.807, 2.05) is 48.5 Å². The van der Waals surface area contributed by atoms with Gasteiger partial charge in [0.25, 0.3) is 0 Å². The summed E-state index contributed by atoms with van der Waals surface area (Å²) in [5, 5.41) is 6.50. The average Bonchev–Trinajstić information content (AvgIpc) is 3.88. The number of furan rings is 1. The first-order chi connectivity index (χ1) is 27.8. The molecule has 2 aromatic heterocycles. The van der Waals surface area contributed by atoms with Crippen LogP contribution in [0.3, 0.4) is 0 Å². The van der Waals surface area contributed by atoms with Crippen molar-refractivity contribution in [1.82, 2.24) is 4.98 Å². The molecule has 0 fully saturated rings. The molecule has 2 heterocycles. The molecule has 264 valence electrons. The van der Waals surface area contributed by atoms with Crippen molar-refractivity contribution in [2.24, 2.45) is 0 Å². The van der Waals surface area contributed by atoms with E-state index in [1.165, 1.54) is 10.8 Å². The van der Waals surface area contributed by atoms with Gasteiger partial charge in [0, 0.05) is 39.1 Å². The Morgan fingerprint density at radius 2 is 0.982 bits per heavy atom. The summed E-state index contributed by atoms with van der Waals surface area (Å²) in [5.74, 6) is 0.561. The molecule has 11 rings (SSSR count). The van der Waals surface area contributed by atoms with Gasteiger partial charge in [-0.3, -0.25) is 0 Å². The molecular weight excluding hydrogens is 687 g/mol. The van der Waals surface area contributed by atoms with Gasteiger partial charge in [0.1, 0.15) is 16.7 Å². The number of hydrogen-bond acceptors (Lipinski definition) is 5. The van der Waals surface area contributed by atoms with E-state index in [2.05, 4.69) is 161 Å². The summed E-state index contributed by atoms with van der Waals surface area (Å²) in [6.45, 7) is 0. The quantitative estimate of drug-likeness (QED) is 0.164. The molecule has 0 aliphatic heterocycles. The van der Waals surface area contributed by atoms with Crippen molar-refractivity contribution in [3.05, 3.63) is 200 Å². The minimum atomic E-state index is 0.561. The first-order valence-corrected chi connectivity index (χ1v) is 18.8. The van der Waals surface area contributed by atoms with Crippen LogP contribution in [-0.2, 0) is 0 Å². The van der Waals surface area contributed by atoms with Crippen LogP contribution in [0.25, 0.3) is 66.0 Å². The van der Waals surface area contributed by atoms with Gasteiger partial charge in [0.15, 0.2) is 5.58 Å². The summed E-state index contributed by atoms with van der Waals surface area (Å²) >= 11 is 0. The number of nitrogens with zero attached hydrogens (tertiary/aromatic N) is 3. The summed E-state index contributed by atoms with van der Waals surface area (Å²) in [6, 6.07) is 69.6. The van der Waals surface area contributed by atoms with Crippen molar-refractivity contribution in [1.29, 1.82) is 0 Å². The Bertz CT molecular complexity index is 3210. The summed E-state index contributed by atoms with van der Waals surface area (Å²) in [7, 11) is 0. The normalized spacial score (nSPS) is 11.6. The molecule has 5 nitrogen and oxygen atoms in total. The molecule has 0 radical (unpaired) electrons. The fourth-order valence-electron chi connectivity index (χ4n) is 8.04. The first-order valence-electron chi connectivity index (χ1n) is 18.8. The summed E-state index contributed by atoms with van der Waals surface area (Å²) in [6.07, 6.45) is 0. The van der Waals surface area contributed by atoms with Gasteiger partial charge >= 0.3 is 0 Å². The van der Waals surface area contributed by atoms with Gasteiger partial charge in [0.05, 0.1) is 16.8 Å². The predicted molar refractivity (Wildman–Crippen MR) is 231 cm³/mol. The van der Waals surface area contributed by atoms with E-state index in [0.29, 0.717) is 11.5 Å². The zero-order valence-electron chi connectivity index (χ0n) is 30.2. The largest absolute Gasteiger partial charge is 0.456 e. The molecule has 0 aliphatic rings. The second kappa shape index (κ2) is 13.0. The van der Waals surface area contributed by atoms with E-state index in [-0.39, 0.29) is 0 Å². The van der Waals surface area contributed by atoms with E-state index in [0.717, 1.165) is 77.9 Å². The zero-order valence-corrected chi connectivity index (χ0v) is 30.2. The van der Waals surface area contributed by atoms with Crippen LogP contribution >= 0.6 is 0 Å². The van der Waals surface area contributed by atoms with Crippen molar-refractivity contribution in [3.8, 4) is 11.5 Å². The maximum Gasteiger partial charge on any atom is 0.227 e. The van der Waals surface area contributed by atoms with E-state index >= 15 is 0 Å². The summed E-state index contributed by atoms with van der Waals surface area (Å²) in [4.78, 5) is 9.96. The lowest BCUT2D eigenvalue weighted by Gasteiger charge is -2.28. The fourth-order valence-corrected chi connectivity index (χ4v) is 8.04. The monoisotopic (exact) mass is 719 g/mol. The molecule has 9 aromatic carbocycles. The second-order valence-electron chi connectivity index (χ2n) is 14.0. The van der Waals surface area contributed by atoms with Crippen LogP contribution in [0.1, 0.15) is 0 Å². The summed E-state index contributed by atoms with van der Waals surface area (Å²) < 4.78 is 13.3. The lowest BCUT2D eigenvalue weighted by Crippen LogP contribution is -2.12. The van der Waals surface area contributed by atoms with Crippen molar-refractivity contribution < 1.29 is 8.83 Å². The van der Waals surface area contributed by atoms with Crippen LogP contribution in [-0.4, -0.2) is 4.98 Å². The van der Waals surface area contributed by atoms with Crippen LogP contribution in [0.5, 0.6) is 0 Å². The van der Waals surface area contributed by atoms with Gasteiger partial charge in [-0.1, -0.05) is 115 Å². The highest BCUT2D eigenvalue weighted by atomic mass is 16.3. The molecule has 5 heteroatoms. The maximum atomic E-state index is 7.00. The highest BCUT2D eigenvalue weighted by Crippen LogP contribution is 2.48. The van der Waals surface area contributed by atoms with Crippen LogP contribution in [0.15, 0.2) is 209 Å². The molecule has 0 saturated carbocycles. The molecule has 0 N–H and O–H groups in total. The number of oxazole rings is 1. The molecule has 0 saturated heterocycles. The van der Waals surface area contributed by atoms with Gasteiger partial charge in [-0.2, -0.15) is 0 Å². The SMILES string of the molecule is c1ccc(-c2nc3c(N(c4ccccc4)c4ccc5oc6ccccc6c5c4)cc4cccc(N(c5ccccc5)c5ccc6ccccc6c5)c4c3o2)cc1. The van der Waals surface area contributed by atoms with E-state index in [4.69, 9.17) is 13.8 Å². The topological polar surface area (TPSA) is 45.7 Å². The Morgan fingerprint density at radius 3 is 1.77 bits per heavy atom. The van der Waals surface area contributed by atoms with Crippen LogP contribution < -0.4 is 9.80 Å². The number of rotatable bonds is 7. The molecule has 0 spiro atoms. The molecular formula is C51H33N3O2. The predicted octanol–water partition coefficient (Wildman–Crippen LogP) is 14.6. The molecule has 0 atom stereocenters. The molecule has 56 heavy (non-hydrogen) atoms. The Hall–Kier alpha value is -7.63. The molecule has 11 aromatic rings. The third-order valence-electron chi connectivity index (χ3n) is 10.6. The second-order valence-corrected chi connectivity index (χ2v) is 14.0. The third kappa shape index (κ3) is 5.29. The van der Waals surface area contributed by atoms with Gasteiger partial charge < -0.3 is 18.6 Å². The first kappa shape index (κ1) is 31.9. The van der Waals surface area contributed by atoms with E-state index < -0.39 is 0 Å². The minimum absolute atomic E-state index is 0.561. The van der Waals surface area contributed by atoms with Crippen LogP contribution in [0.4, 0.5) is 34.1 Å². The smallest absolute Gasteiger partial charge is 0.227 e. The van der Waals surface area contributed by atoms with Crippen molar-refractivity contribution >= 4 is 88.7 Å². The maximum absolute atomic E-state index is 7.00. The zero-order chi connectivity index (χ0) is 37.0. The Morgan fingerprint density at radius 1 is 0.375 bits per heavy atom. The Balaban J connectivity index is 1.21. The highest BCUT2D eigenvalue weighted by Gasteiger charge is 2.26. The van der Waals surface area contributed by atoms with Gasteiger partial charge in [-0.15, -0.1) is 0 Å². The standard InChI is InChI=1S/C51H33N3O2/c1-4-16-35(17-5-1)51-52-49-45(54(39-22-8-3-9-23-39)41-29-30-47-43(33-41)42-24-12-13-26-46(42)55-47)32-37-19-14-25-44(48(37)50(49)56-51)53(38-20-6-2-7-21-38)40-28-27-34-15-10-11-18-36(34)31-40/h1-33H. The third-order valence-corrected chi connectivity index (χ3v) is 10.6. The molecule has 0 aliphatic carbocycles. The minimum Gasteiger partial charge on any atom is -0.456 e. The lowest BCUT2D eigenvalue weighted by molar-refractivity contribution is 0.623. The van der Waals surface area contributed by atoms with Gasteiger partial charge in [0.2, 0.25) is 5.89 Å². The lowest BCUT2D eigenvalue weighted by atomic mass is 10.0. The van der Waals surface area contributed by atoms with Crippen molar-refractivity contribution in [2.75, 3.05) is 9.80 Å². The Labute approximate surface area is 322 Å². The van der Waals surface area contributed by atoms with Gasteiger partial charge in [-0.05, 0) is 101 Å². The number of para-hydroxylation sites is 3.